The van der Waals surface area contributed by atoms with Crippen molar-refractivity contribution >= 4 is 11.9 Å². The molecule has 0 spiro atoms. The average molecular weight is 363 g/mol. The van der Waals surface area contributed by atoms with E-state index in [0.717, 1.165) is 0 Å². The number of aromatic carboxylic acids is 1. The Balaban J connectivity index is 0.00000312. The summed E-state index contributed by atoms with van der Waals surface area (Å²) in [6.45, 7) is 0.594. The number of para-hydroxylation sites is 1. The number of carbonyl (C=O) groups excluding carboxylic acids is 2. The summed E-state index contributed by atoms with van der Waals surface area (Å²) in [6, 6.07) is 4.43. The standard InChI is InChI=1S/C15H19NO8.Na/c1-7(18)16-11-13(20)12(19)10(6-17)24-15(11)23-9-5-3-2-4-8(9)14(21)22;/h2-5,10-13,15,17,19-20H,6H2,1H3,(H,16,18)(H,21,22);/q;+1/p-1. The smallest absolute Gasteiger partial charge is 0.545 e. The number of rotatable bonds is 5. The fourth-order valence-corrected chi connectivity index (χ4v) is 2.43. The van der Waals surface area contributed by atoms with Gasteiger partial charge in [-0.05, 0) is 12.1 Å². The Morgan fingerprint density at radius 1 is 1.28 bits per heavy atom. The molecule has 1 fully saturated rings. The van der Waals surface area contributed by atoms with Crippen LogP contribution in [0.2, 0.25) is 0 Å². The van der Waals surface area contributed by atoms with Crippen LogP contribution in [-0.4, -0.2) is 64.4 Å². The number of hydrogen-bond acceptors (Lipinski definition) is 8. The van der Waals surface area contributed by atoms with Gasteiger partial charge in [0.1, 0.15) is 30.1 Å². The molecule has 5 atom stereocenters. The van der Waals surface area contributed by atoms with Crippen LogP contribution >= 0.6 is 0 Å². The van der Waals surface area contributed by atoms with Crippen molar-refractivity contribution in [3.8, 4) is 5.75 Å². The van der Waals surface area contributed by atoms with Crippen molar-refractivity contribution in [2.75, 3.05) is 6.61 Å². The summed E-state index contributed by atoms with van der Waals surface area (Å²) < 4.78 is 10.8. The summed E-state index contributed by atoms with van der Waals surface area (Å²) in [4.78, 5) is 22.4. The fourth-order valence-electron chi connectivity index (χ4n) is 2.43. The first-order valence-electron chi connectivity index (χ1n) is 7.21. The van der Waals surface area contributed by atoms with Crippen molar-refractivity contribution in [2.45, 2.75) is 37.6 Å². The molecule has 1 aromatic carbocycles. The monoisotopic (exact) mass is 363 g/mol. The predicted molar refractivity (Wildman–Crippen MR) is 76.8 cm³/mol. The van der Waals surface area contributed by atoms with Gasteiger partial charge in [-0.1, -0.05) is 12.1 Å². The molecule has 4 N–H and O–H groups in total. The van der Waals surface area contributed by atoms with Crippen molar-refractivity contribution in [3.63, 3.8) is 0 Å². The Bertz CT molecular complexity index is 613. The van der Waals surface area contributed by atoms with Gasteiger partial charge < -0.3 is 40.0 Å². The summed E-state index contributed by atoms with van der Waals surface area (Å²) >= 11 is 0. The molecule has 9 nitrogen and oxygen atoms in total. The molecule has 10 heteroatoms. The maximum atomic E-state index is 11.3. The van der Waals surface area contributed by atoms with Crippen LogP contribution in [0.25, 0.3) is 0 Å². The Morgan fingerprint density at radius 3 is 2.48 bits per heavy atom. The molecule has 5 unspecified atom stereocenters. The summed E-state index contributed by atoms with van der Waals surface area (Å²) in [5, 5.41) is 42.8. The van der Waals surface area contributed by atoms with Crippen LogP contribution in [0.1, 0.15) is 17.3 Å². The number of carboxylic acids is 1. The minimum Gasteiger partial charge on any atom is -0.545 e. The molecule has 25 heavy (non-hydrogen) atoms. The van der Waals surface area contributed by atoms with E-state index in [1.807, 2.05) is 0 Å². The maximum absolute atomic E-state index is 11.3. The third-order valence-corrected chi connectivity index (χ3v) is 3.60. The molecule has 1 amide bonds. The van der Waals surface area contributed by atoms with Gasteiger partial charge in [-0.3, -0.25) is 4.79 Å². The number of carbonyl (C=O) groups is 2. The quantitative estimate of drug-likeness (QED) is 0.379. The van der Waals surface area contributed by atoms with E-state index in [4.69, 9.17) is 9.47 Å². The van der Waals surface area contributed by atoms with Crippen LogP contribution in [0.4, 0.5) is 0 Å². The number of aliphatic hydroxyl groups excluding tert-OH is 3. The number of benzene rings is 1. The van der Waals surface area contributed by atoms with E-state index in [9.17, 15) is 30.0 Å². The molecule has 0 aromatic heterocycles. The molecular formula is C15H18NNaO8. The largest absolute Gasteiger partial charge is 1.00 e. The average Bonchev–Trinajstić information content (AvgIpc) is 2.54. The molecule has 0 bridgehead atoms. The second kappa shape index (κ2) is 9.48. The first-order chi connectivity index (χ1) is 11.3. The molecule has 0 aliphatic carbocycles. The van der Waals surface area contributed by atoms with Gasteiger partial charge in [0.2, 0.25) is 12.2 Å². The minimum atomic E-state index is -1.49. The summed E-state index contributed by atoms with van der Waals surface area (Å²) in [6.07, 6.45) is -5.43. The van der Waals surface area contributed by atoms with Gasteiger partial charge in [-0.2, -0.15) is 0 Å². The van der Waals surface area contributed by atoms with Crippen molar-refractivity contribution in [1.29, 1.82) is 0 Å². The number of hydrogen-bond donors (Lipinski definition) is 4. The van der Waals surface area contributed by atoms with Gasteiger partial charge in [0.15, 0.2) is 0 Å². The molecule has 132 valence electrons. The van der Waals surface area contributed by atoms with Gasteiger partial charge in [0.25, 0.3) is 0 Å². The van der Waals surface area contributed by atoms with Crippen LogP contribution in [0.5, 0.6) is 5.75 Å². The summed E-state index contributed by atoms with van der Waals surface area (Å²) in [5.41, 5.74) is -0.246. The molecule has 1 heterocycles. The fraction of sp³-hybridized carbons (Fsp3) is 0.467. The van der Waals surface area contributed by atoms with Crippen molar-refractivity contribution in [2.24, 2.45) is 0 Å². The number of aliphatic hydroxyl groups is 3. The Labute approximate surface area is 165 Å². The van der Waals surface area contributed by atoms with E-state index in [-0.39, 0.29) is 40.9 Å². The molecule has 1 aliphatic heterocycles. The molecule has 0 radical (unpaired) electrons. The Kier molecular flexibility index (Phi) is 8.29. The van der Waals surface area contributed by atoms with Crippen LogP contribution in [0.15, 0.2) is 24.3 Å². The minimum absolute atomic E-state index is 0. The predicted octanol–water partition coefficient (Wildman–Crippen LogP) is -5.62. The van der Waals surface area contributed by atoms with Gasteiger partial charge in [-0.15, -0.1) is 0 Å². The van der Waals surface area contributed by atoms with Crippen molar-refractivity contribution in [3.05, 3.63) is 29.8 Å². The number of amides is 1. The molecule has 2 rings (SSSR count). The number of ether oxygens (including phenoxy) is 2. The number of carboxylic acid groups (broad SMARTS) is 1. The Morgan fingerprint density at radius 2 is 1.92 bits per heavy atom. The summed E-state index contributed by atoms with van der Waals surface area (Å²) in [7, 11) is 0. The van der Waals surface area contributed by atoms with Gasteiger partial charge >= 0.3 is 29.6 Å². The van der Waals surface area contributed by atoms with Gasteiger partial charge in [0.05, 0.1) is 12.6 Å². The van der Waals surface area contributed by atoms with Gasteiger partial charge in [-0.25, -0.2) is 0 Å². The number of nitrogens with one attached hydrogen (secondary N) is 1. The van der Waals surface area contributed by atoms with E-state index in [2.05, 4.69) is 5.32 Å². The van der Waals surface area contributed by atoms with Crippen LogP contribution < -0.4 is 44.7 Å². The van der Waals surface area contributed by atoms with E-state index >= 15 is 0 Å². The van der Waals surface area contributed by atoms with E-state index in [0.29, 0.717) is 0 Å². The first-order valence-corrected chi connectivity index (χ1v) is 7.21. The van der Waals surface area contributed by atoms with E-state index in [1.54, 1.807) is 0 Å². The first kappa shape index (κ1) is 21.8. The second-order valence-electron chi connectivity index (χ2n) is 5.33. The molecule has 1 aliphatic rings. The van der Waals surface area contributed by atoms with Crippen LogP contribution in [-0.2, 0) is 9.53 Å². The third kappa shape index (κ3) is 5.14. The molecule has 1 saturated heterocycles. The van der Waals surface area contributed by atoms with Crippen LogP contribution in [0, 0.1) is 0 Å². The zero-order chi connectivity index (χ0) is 17.9. The third-order valence-electron chi connectivity index (χ3n) is 3.60. The summed E-state index contributed by atoms with van der Waals surface area (Å²) in [5.74, 6) is -2.09. The molecular weight excluding hydrogens is 345 g/mol. The topological polar surface area (TPSA) is 148 Å². The van der Waals surface area contributed by atoms with Crippen molar-refractivity contribution < 1.29 is 69.0 Å². The van der Waals surface area contributed by atoms with Gasteiger partial charge in [0, 0.05) is 12.5 Å². The molecule has 1 aromatic rings. The van der Waals surface area contributed by atoms with E-state index in [1.165, 1.54) is 31.2 Å². The van der Waals surface area contributed by atoms with E-state index < -0.39 is 49.1 Å². The Hall–Kier alpha value is -1.20. The zero-order valence-corrected chi connectivity index (χ0v) is 15.8. The van der Waals surface area contributed by atoms with Crippen molar-refractivity contribution in [1.82, 2.24) is 5.32 Å². The molecule has 0 saturated carbocycles. The zero-order valence-electron chi connectivity index (χ0n) is 13.8. The van der Waals surface area contributed by atoms with Crippen LogP contribution in [0.3, 0.4) is 0 Å². The SMILES string of the molecule is CC(=O)NC1C(Oc2ccccc2C(=O)[O-])OC(CO)C(O)C1O.[Na+]. The maximum Gasteiger partial charge on any atom is 1.00 e. The second-order valence-corrected chi connectivity index (χ2v) is 5.33. The normalized spacial score (nSPS) is 28.6.